The van der Waals surface area contributed by atoms with Crippen molar-refractivity contribution in [2.75, 3.05) is 13.6 Å². The fourth-order valence-corrected chi connectivity index (χ4v) is 2.08. The largest absolute Gasteiger partial charge is 0.346 e. The molecule has 1 aromatic heterocycles. The molecule has 0 aliphatic heterocycles. The van der Waals surface area contributed by atoms with Gasteiger partial charge in [-0.3, -0.25) is 14.2 Å². The normalized spacial score (nSPS) is 10.8. The SMILES string of the molecule is CCN(C)C(=O)CCn1cnc2c(C)cccc2c1=O. The van der Waals surface area contributed by atoms with E-state index in [1.165, 1.54) is 10.9 Å². The van der Waals surface area contributed by atoms with Crippen LogP contribution in [0.15, 0.2) is 29.3 Å². The summed E-state index contributed by atoms with van der Waals surface area (Å²) >= 11 is 0. The Morgan fingerprint density at radius 3 is 2.85 bits per heavy atom. The second-order valence-corrected chi connectivity index (χ2v) is 4.87. The van der Waals surface area contributed by atoms with Crippen molar-refractivity contribution in [3.8, 4) is 0 Å². The molecule has 0 N–H and O–H groups in total. The van der Waals surface area contributed by atoms with Gasteiger partial charge in [-0.2, -0.15) is 0 Å². The van der Waals surface area contributed by atoms with Crippen LogP contribution in [0.2, 0.25) is 0 Å². The first-order valence-corrected chi connectivity index (χ1v) is 6.73. The van der Waals surface area contributed by atoms with Crippen molar-refractivity contribution in [2.45, 2.75) is 26.8 Å². The lowest BCUT2D eigenvalue weighted by atomic mass is 10.1. The van der Waals surface area contributed by atoms with E-state index in [1.807, 2.05) is 26.0 Å². The lowest BCUT2D eigenvalue weighted by Gasteiger charge is -2.14. The van der Waals surface area contributed by atoms with Crippen LogP contribution in [0.5, 0.6) is 0 Å². The number of rotatable bonds is 4. The lowest BCUT2D eigenvalue weighted by molar-refractivity contribution is -0.129. The number of para-hydroxylation sites is 1. The summed E-state index contributed by atoms with van der Waals surface area (Å²) in [5.74, 6) is 0.0312. The number of hydrogen-bond acceptors (Lipinski definition) is 3. The van der Waals surface area contributed by atoms with Gasteiger partial charge in [-0.25, -0.2) is 4.98 Å². The molecule has 0 saturated heterocycles. The molecule has 0 spiro atoms. The summed E-state index contributed by atoms with van der Waals surface area (Å²) in [6, 6.07) is 5.55. The maximum Gasteiger partial charge on any atom is 0.261 e. The molecule has 0 aliphatic carbocycles. The highest BCUT2D eigenvalue weighted by molar-refractivity contribution is 5.80. The van der Waals surface area contributed by atoms with Crippen molar-refractivity contribution < 1.29 is 4.79 Å². The van der Waals surface area contributed by atoms with Gasteiger partial charge < -0.3 is 4.90 Å². The van der Waals surface area contributed by atoms with Crippen LogP contribution in [0, 0.1) is 6.92 Å². The molecule has 1 aromatic carbocycles. The molecule has 0 aliphatic rings. The molecular formula is C15H19N3O2. The third-order valence-corrected chi connectivity index (χ3v) is 3.52. The van der Waals surface area contributed by atoms with Crippen molar-refractivity contribution in [2.24, 2.45) is 0 Å². The molecular weight excluding hydrogens is 254 g/mol. The quantitative estimate of drug-likeness (QED) is 0.849. The Morgan fingerprint density at radius 2 is 2.15 bits per heavy atom. The molecule has 0 unspecified atom stereocenters. The van der Waals surface area contributed by atoms with Crippen molar-refractivity contribution in [3.05, 3.63) is 40.4 Å². The van der Waals surface area contributed by atoms with E-state index >= 15 is 0 Å². The minimum absolute atomic E-state index is 0.0312. The average Bonchev–Trinajstić information content (AvgIpc) is 2.46. The molecule has 2 rings (SSSR count). The van der Waals surface area contributed by atoms with Crippen LogP contribution in [0.3, 0.4) is 0 Å². The molecule has 0 bridgehead atoms. The number of carbonyl (C=O) groups excluding carboxylic acids is 1. The molecule has 0 atom stereocenters. The molecule has 106 valence electrons. The maximum absolute atomic E-state index is 12.3. The Hall–Kier alpha value is -2.17. The zero-order valence-electron chi connectivity index (χ0n) is 12.1. The summed E-state index contributed by atoms with van der Waals surface area (Å²) in [6.07, 6.45) is 1.83. The highest BCUT2D eigenvalue weighted by Gasteiger charge is 2.09. The van der Waals surface area contributed by atoms with Crippen LogP contribution in [-0.4, -0.2) is 34.0 Å². The first-order chi connectivity index (χ1) is 9.54. The molecule has 2 aromatic rings. The molecule has 5 heteroatoms. The molecule has 5 nitrogen and oxygen atoms in total. The van der Waals surface area contributed by atoms with Gasteiger partial charge in [-0.05, 0) is 25.5 Å². The van der Waals surface area contributed by atoms with Gasteiger partial charge in [0, 0.05) is 26.6 Å². The zero-order valence-corrected chi connectivity index (χ0v) is 12.1. The summed E-state index contributed by atoms with van der Waals surface area (Å²) < 4.78 is 1.50. The van der Waals surface area contributed by atoms with Gasteiger partial charge in [0.1, 0.15) is 0 Å². The van der Waals surface area contributed by atoms with Crippen LogP contribution < -0.4 is 5.56 Å². The highest BCUT2D eigenvalue weighted by Crippen LogP contribution is 2.11. The van der Waals surface area contributed by atoms with E-state index in [2.05, 4.69) is 4.98 Å². The zero-order chi connectivity index (χ0) is 14.7. The van der Waals surface area contributed by atoms with Gasteiger partial charge >= 0.3 is 0 Å². The van der Waals surface area contributed by atoms with E-state index in [4.69, 9.17) is 0 Å². The van der Waals surface area contributed by atoms with E-state index < -0.39 is 0 Å². The van der Waals surface area contributed by atoms with Crippen LogP contribution >= 0.6 is 0 Å². The van der Waals surface area contributed by atoms with Gasteiger partial charge in [-0.15, -0.1) is 0 Å². The summed E-state index contributed by atoms with van der Waals surface area (Å²) in [4.78, 5) is 30.1. The van der Waals surface area contributed by atoms with Crippen LogP contribution in [0.4, 0.5) is 0 Å². The Bertz CT molecular complexity index is 691. The predicted molar refractivity (Wildman–Crippen MR) is 78.7 cm³/mol. The topological polar surface area (TPSA) is 55.2 Å². The van der Waals surface area contributed by atoms with E-state index in [-0.39, 0.29) is 11.5 Å². The summed E-state index contributed by atoms with van der Waals surface area (Å²) in [5, 5.41) is 0.601. The van der Waals surface area contributed by atoms with Gasteiger partial charge in [0.05, 0.1) is 17.2 Å². The summed E-state index contributed by atoms with van der Waals surface area (Å²) in [6.45, 7) is 4.88. The van der Waals surface area contributed by atoms with Crippen LogP contribution in [0.25, 0.3) is 10.9 Å². The number of amides is 1. The number of fused-ring (bicyclic) bond motifs is 1. The Kier molecular flexibility index (Phi) is 4.17. The monoisotopic (exact) mass is 273 g/mol. The Labute approximate surface area is 117 Å². The van der Waals surface area contributed by atoms with Crippen molar-refractivity contribution >= 4 is 16.8 Å². The smallest absolute Gasteiger partial charge is 0.261 e. The van der Waals surface area contributed by atoms with Gasteiger partial charge in [0.15, 0.2) is 0 Å². The number of hydrogen-bond donors (Lipinski definition) is 0. The van der Waals surface area contributed by atoms with Gasteiger partial charge in [0.25, 0.3) is 5.56 Å². The molecule has 20 heavy (non-hydrogen) atoms. The summed E-state index contributed by atoms with van der Waals surface area (Å²) in [7, 11) is 1.76. The minimum atomic E-state index is -0.0920. The van der Waals surface area contributed by atoms with E-state index in [1.54, 1.807) is 18.0 Å². The number of carbonyl (C=O) groups is 1. The highest BCUT2D eigenvalue weighted by atomic mass is 16.2. The molecule has 0 radical (unpaired) electrons. The van der Waals surface area contributed by atoms with Crippen LogP contribution in [-0.2, 0) is 11.3 Å². The molecule has 1 heterocycles. The third-order valence-electron chi connectivity index (χ3n) is 3.52. The van der Waals surface area contributed by atoms with Crippen molar-refractivity contribution in [3.63, 3.8) is 0 Å². The third kappa shape index (κ3) is 2.71. The predicted octanol–water partition coefficient (Wildman–Crippen LogP) is 1.57. The number of nitrogens with zero attached hydrogens (tertiary/aromatic N) is 3. The van der Waals surface area contributed by atoms with Gasteiger partial charge in [-0.1, -0.05) is 12.1 Å². The molecule has 1 amide bonds. The number of aryl methyl sites for hydroxylation is 2. The number of aromatic nitrogens is 2. The molecule has 0 saturated carbocycles. The average molecular weight is 273 g/mol. The first kappa shape index (κ1) is 14.2. The molecule has 0 fully saturated rings. The van der Waals surface area contributed by atoms with E-state index in [0.717, 1.165) is 11.1 Å². The van der Waals surface area contributed by atoms with Crippen LogP contribution in [0.1, 0.15) is 18.9 Å². The van der Waals surface area contributed by atoms with Crippen molar-refractivity contribution in [1.29, 1.82) is 0 Å². The maximum atomic E-state index is 12.3. The van der Waals surface area contributed by atoms with E-state index in [0.29, 0.717) is 24.9 Å². The number of benzene rings is 1. The van der Waals surface area contributed by atoms with Crippen molar-refractivity contribution in [1.82, 2.24) is 14.5 Å². The minimum Gasteiger partial charge on any atom is -0.346 e. The first-order valence-electron chi connectivity index (χ1n) is 6.73. The fourth-order valence-electron chi connectivity index (χ4n) is 2.08. The fraction of sp³-hybridized carbons (Fsp3) is 0.400. The Morgan fingerprint density at radius 1 is 1.40 bits per heavy atom. The Balaban J connectivity index is 2.26. The summed E-state index contributed by atoms with van der Waals surface area (Å²) in [5.41, 5.74) is 1.62. The lowest BCUT2D eigenvalue weighted by Crippen LogP contribution is -2.29. The standard InChI is InChI=1S/C15H19N3O2/c1-4-17(3)13(19)8-9-18-10-16-14-11(2)6-5-7-12(14)15(18)20/h5-7,10H,4,8-9H2,1-3H3. The second-order valence-electron chi connectivity index (χ2n) is 4.87. The van der Waals surface area contributed by atoms with E-state index in [9.17, 15) is 9.59 Å². The second kappa shape index (κ2) is 5.86. The van der Waals surface area contributed by atoms with Gasteiger partial charge in [0.2, 0.25) is 5.91 Å².